The van der Waals surface area contributed by atoms with Crippen molar-refractivity contribution in [2.45, 2.75) is 0 Å². The number of nitrogens with one attached hydrogen (secondary N) is 1. The lowest BCUT2D eigenvalue weighted by atomic mass is 10.2. The van der Waals surface area contributed by atoms with Crippen LogP contribution in [0.25, 0.3) is 0 Å². The van der Waals surface area contributed by atoms with E-state index in [1.54, 1.807) is 6.07 Å². The maximum absolute atomic E-state index is 11.9. The van der Waals surface area contributed by atoms with Crippen LogP contribution in [0, 0.1) is 0 Å². The summed E-state index contributed by atoms with van der Waals surface area (Å²) in [5.74, 6) is -0.226. The SMILES string of the molecule is CN(CCO)c1ccc(NC(=O)c2coc(Br)c2)cc1. The smallest absolute Gasteiger partial charge is 0.258 e. The summed E-state index contributed by atoms with van der Waals surface area (Å²) in [7, 11) is 1.90. The molecule has 1 aromatic carbocycles. The number of likely N-dealkylation sites (N-methyl/N-ethyl adjacent to an activating group) is 1. The molecule has 0 spiro atoms. The van der Waals surface area contributed by atoms with Gasteiger partial charge in [0.1, 0.15) is 6.26 Å². The molecule has 2 aromatic rings. The van der Waals surface area contributed by atoms with E-state index in [9.17, 15) is 4.79 Å². The van der Waals surface area contributed by atoms with Crippen LogP contribution in [0.1, 0.15) is 10.4 Å². The third-order valence-electron chi connectivity index (χ3n) is 2.83. The normalized spacial score (nSPS) is 10.3. The third-order valence-corrected chi connectivity index (χ3v) is 3.25. The van der Waals surface area contributed by atoms with Crippen molar-refractivity contribution in [3.8, 4) is 0 Å². The molecule has 0 saturated heterocycles. The molecule has 0 fully saturated rings. The van der Waals surface area contributed by atoms with Crippen molar-refractivity contribution in [1.82, 2.24) is 0 Å². The number of carbonyl (C=O) groups is 1. The Balaban J connectivity index is 2.02. The predicted octanol–water partition coefficient (Wildman–Crippen LogP) is 2.72. The second kappa shape index (κ2) is 6.58. The van der Waals surface area contributed by atoms with Crippen molar-refractivity contribution in [3.05, 3.63) is 46.8 Å². The van der Waals surface area contributed by atoms with Crippen LogP contribution in [-0.2, 0) is 0 Å². The van der Waals surface area contributed by atoms with E-state index >= 15 is 0 Å². The monoisotopic (exact) mass is 338 g/mol. The van der Waals surface area contributed by atoms with Crippen LogP contribution in [0.2, 0.25) is 0 Å². The number of nitrogens with zero attached hydrogens (tertiary/aromatic N) is 1. The zero-order valence-corrected chi connectivity index (χ0v) is 12.6. The Labute approximate surface area is 125 Å². The highest BCUT2D eigenvalue weighted by molar-refractivity contribution is 9.10. The van der Waals surface area contributed by atoms with E-state index in [1.165, 1.54) is 6.26 Å². The second-order valence-corrected chi connectivity index (χ2v) is 5.07. The van der Waals surface area contributed by atoms with Crippen LogP contribution in [-0.4, -0.2) is 31.2 Å². The van der Waals surface area contributed by atoms with Gasteiger partial charge in [0.2, 0.25) is 0 Å². The number of furan rings is 1. The fourth-order valence-electron chi connectivity index (χ4n) is 1.71. The highest BCUT2D eigenvalue weighted by Gasteiger charge is 2.09. The number of benzene rings is 1. The summed E-state index contributed by atoms with van der Waals surface area (Å²) in [5, 5.41) is 11.7. The zero-order valence-electron chi connectivity index (χ0n) is 11.0. The first kappa shape index (κ1) is 14.6. The molecule has 20 heavy (non-hydrogen) atoms. The molecule has 1 heterocycles. The average molecular weight is 339 g/mol. The number of hydrogen-bond acceptors (Lipinski definition) is 4. The molecule has 0 radical (unpaired) electrons. The minimum atomic E-state index is -0.226. The number of hydrogen-bond donors (Lipinski definition) is 2. The first-order valence-corrected chi connectivity index (χ1v) is 6.87. The number of aliphatic hydroxyl groups excluding tert-OH is 1. The molecule has 1 aromatic heterocycles. The summed E-state index contributed by atoms with van der Waals surface area (Å²) in [6, 6.07) is 9.01. The zero-order chi connectivity index (χ0) is 14.5. The molecule has 2 N–H and O–H groups in total. The Bertz CT molecular complexity index is 580. The van der Waals surface area contributed by atoms with Crippen molar-refractivity contribution < 1.29 is 14.3 Å². The summed E-state index contributed by atoms with van der Waals surface area (Å²) in [4.78, 5) is 13.8. The summed E-state index contributed by atoms with van der Waals surface area (Å²) in [5.41, 5.74) is 2.13. The van der Waals surface area contributed by atoms with Crippen LogP contribution in [0.15, 0.2) is 45.7 Å². The van der Waals surface area contributed by atoms with E-state index in [4.69, 9.17) is 9.52 Å². The molecule has 0 aliphatic carbocycles. The van der Waals surface area contributed by atoms with E-state index in [0.717, 1.165) is 5.69 Å². The Morgan fingerprint density at radius 2 is 2.10 bits per heavy atom. The average Bonchev–Trinajstić information content (AvgIpc) is 2.86. The van der Waals surface area contributed by atoms with Crippen molar-refractivity contribution in [1.29, 1.82) is 0 Å². The molecular formula is C14H15BrN2O3. The molecule has 0 bridgehead atoms. The molecular weight excluding hydrogens is 324 g/mol. The maximum Gasteiger partial charge on any atom is 0.258 e. The van der Waals surface area contributed by atoms with Crippen LogP contribution in [0.3, 0.4) is 0 Å². The highest BCUT2D eigenvalue weighted by Crippen LogP contribution is 2.19. The molecule has 106 valence electrons. The predicted molar refractivity (Wildman–Crippen MR) is 81.2 cm³/mol. The Hall–Kier alpha value is -1.79. The fourth-order valence-corrected chi connectivity index (χ4v) is 2.05. The lowest BCUT2D eigenvalue weighted by molar-refractivity contribution is 0.102. The summed E-state index contributed by atoms with van der Waals surface area (Å²) in [6.07, 6.45) is 1.39. The largest absolute Gasteiger partial charge is 0.457 e. The molecule has 0 aliphatic heterocycles. The molecule has 0 atom stereocenters. The standard InChI is InChI=1S/C14H15BrN2O3/c1-17(6-7-18)12-4-2-11(3-5-12)16-14(19)10-8-13(15)20-9-10/h2-5,8-9,18H,6-7H2,1H3,(H,16,19). The van der Waals surface area contributed by atoms with Gasteiger partial charge in [-0.1, -0.05) is 0 Å². The molecule has 6 heteroatoms. The van der Waals surface area contributed by atoms with Crippen LogP contribution < -0.4 is 10.2 Å². The van der Waals surface area contributed by atoms with Gasteiger partial charge in [0.05, 0.1) is 12.2 Å². The Morgan fingerprint density at radius 3 is 2.65 bits per heavy atom. The van der Waals surface area contributed by atoms with Gasteiger partial charge >= 0.3 is 0 Å². The third kappa shape index (κ3) is 3.61. The number of carbonyl (C=O) groups excluding carboxylic acids is 1. The summed E-state index contributed by atoms with van der Waals surface area (Å²) < 4.78 is 5.54. The molecule has 0 aliphatic rings. The molecule has 0 unspecified atom stereocenters. The van der Waals surface area contributed by atoms with Crippen LogP contribution in [0.4, 0.5) is 11.4 Å². The molecule has 1 amide bonds. The highest BCUT2D eigenvalue weighted by atomic mass is 79.9. The van der Waals surface area contributed by atoms with Gasteiger partial charge in [-0.05, 0) is 40.2 Å². The Kier molecular flexibility index (Phi) is 4.81. The van der Waals surface area contributed by atoms with Gasteiger partial charge in [-0.15, -0.1) is 0 Å². The number of aliphatic hydroxyl groups is 1. The first-order chi connectivity index (χ1) is 9.60. The summed E-state index contributed by atoms with van der Waals surface area (Å²) in [6.45, 7) is 0.666. The fraction of sp³-hybridized carbons (Fsp3) is 0.214. The van der Waals surface area contributed by atoms with E-state index in [0.29, 0.717) is 22.5 Å². The van der Waals surface area contributed by atoms with Crippen molar-refractivity contribution in [2.24, 2.45) is 0 Å². The lowest BCUT2D eigenvalue weighted by Gasteiger charge is -2.18. The van der Waals surface area contributed by atoms with Crippen molar-refractivity contribution in [2.75, 3.05) is 30.4 Å². The van der Waals surface area contributed by atoms with Gasteiger partial charge in [0.25, 0.3) is 5.91 Å². The molecule has 5 nitrogen and oxygen atoms in total. The van der Waals surface area contributed by atoms with Crippen LogP contribution in [0.5, 0.6) is 0 Å². The van der Waals surface area contributed by atoms with Gasteiger partial charge in [-0.3, -0.25) is 4.79 Å². The molecule has 2 rings (SSSR count). The van der Waals surface area contributed by atoms with E-state index in [1.807, 2.05) is 36.2 Å². The Morgan fingerprint density at radius 1 is 1.40 bits per heavy atom. The van der Waals surface area contributed by atoms with Gasteiger partial charge in [-0.25, -0.2) is 0 Å². The van der Waals surface area contributed by atoms with Crippen molar-refractivity contribution >= 4 is 33.2 Å². The van der Waals surface area contributed by atoms with Gasteiger partial charge in [0.15, 0.2) is 4.67 Å². The quantitative estimate of drug-likeness (QED) is 0.879. The van der Waals surface area contributed by atoms with Gasteiger partial charge in [-0.2, -0.15) is 0 Å². The van der Waals surface area contributed by atoms with E-state index in [2.05, 4.69) is 21.2 Å². The minimum absolute atomic E-state index is 0.102. The number of rotatable bonds is 5. The van der Waals surface area contributed by atoms with Crippen LogP contribution >= 0.6 is 15.9 Å². The second-order valence-electron chi connectivity index (χ2n) is 4.29. The topological polar surface area (TPSA) is 65.7 Å². The maximum atomic E-state index is 11.9. The van der Waals surface area contributed by atoms with Gasteiger partial charge in [0, 0.05) is 31.0 Å². The first-order valence-electron chi connectivity index (χ1n) is 6.07. The minimum Gasteiger partial charge on any atom is -0.457 e. The summed E-state index contributed by atoms with van der Waals surface area (Å²) >= 11 is 3.15. The van der Waals surface area contributed by atoms with Crippen molar-refractivity contribution in [3.63, 3.8) is 0 Å². The van der Waals surface area contributed by atoms with E-state index < -0.39 is 0 Å². The van der Waals surface area contributed by atoms with E-state index in [-0.39, 0.29) is 12.5 Å². The number of anilines is 2. The van der Waals surface area contributed by atoms with Gasteiger partial charge < -0.3 is 19.7 Å². The number of amides is 1. The lowest BCUT2D eigenvalue weighted by Crippen LogP contribution is -2.21. The number of halogens is 1. The molecule has 0 saturated carbocycles.